The van der Waals surface area contributed by atoms with Crippen molar-refractivity contribution in [2.24, 2.45) is 0 Å². The summed E-state index contributed by atoms with van der Waals surface area (Å²) in [6, 6.07) is 2.27. The molecule has 0 spiro atoms. The highest BCUT2D eigenvalue weighted by atomic mass is 19.1. The first-order valence-corrected chi connectivity index (χ1v) is 6.12. The van der Waals surface area contributed by atoms with Crippen molar-refractivity contribution >= 4 is 17.6 Å². The van der Waals surface area contributed by atoms with E-state index in [1.807, 2.05) is 0 Å². The van der Waals surface area contributed by atoms with E-state index in [2.05, 4.69) is 5.32 Å². The molecule has 1 aromatic rings. The maximum absolute atomic E-state index is 13.7. The number of hydrogen-bond acceptors (Lipinski definition) is 6. The van der Waals surface area contributed by atoms with Crippen LogP contribution in [0.1, 0.15) is 19.4 Å². The van der Waals surface area contributed by atoms with Gasteiger partial charge in [0.25, 0.3) is 5.79 Å². The molecular weight excluding hydrogens is 281 g/mol. The van der Waals surface area contributed by atoms with Crippen molar-refractivity contribution in [1.29, 1.82) is 0 Å². The van der Waals surface area contributed by atoms with Crippen LogP contribution < -0.4 is 5.32 Å². The summed E-state index contributed by atoms with van der Waals surface area (Å²) < 4.78 is 23.4. The fraction of sp³-hybridized carbons (Fsp3) is 0.286. The molecule has 2 rings (SSSR count). The number of carbonyl (C=O) groups excluding carboxylic acids is 2. The van der Waals surface area contributed by atoms with Gasteiger partial charge in [-0.1, -0.05) is 0 Å². The number of rotatable bonds is 2. The number of phenolic OH excluding ortho intramolecular Hbond substituents is 1. The van der Waals surface area contributed by atoms with Gasteiger partial charge >= 0.3 is 11.9 Å². The lowest BCUT2D eigenvalue weighted by atomic mass is 10.2. The third-order valence-electron chi connectivity index (χ3n) is 2.77. The highest BCUT2D eigenvalue weighted by Gasteiger charge is 2.38. The number of hydrogen-bond donors (Lipinski definition) is 2. The molecule has 0 unspecified atom stereocenters. The molecule has 7 heteroatoms. The van der Waals surface area contributed by atoms with Gasteiger partial charge in [-0.2, -0.15) is 0 Å². The Bertz CT molecular complexity index is 629. The Balaban J connectivity index is 2.24. The van der Waals surface area contributed by atoms with Crippen LogP contribution in [0, 0.1) is 12.7 Å². The minimum atomic E-state index is -1.33. The fourth-order valence-corrected chi connectivity index (χ4v) is 1.70. The van der Waals surface area contributed by atoms with E-state index in [4.69, 9.17) is 9.47 Å². The zero-order chi connectivity index (χ0) is 15.8. The quantitative estimate of drug-likeness (QED) is 0.493. The number of aromatic hydroxyl groups is 1. The van der Waals surface area contributed by atoms with Gasteiger partial charge in [0.1, 0.15) is 11.6 Å². The van der Waals surface area contributed by atoms with E-state index in [9.17, 15) is 19.1 Å². The van der Waals surface area contributed by atoms with Crippen LogP contribution in [0.5, 0.6) is 5.75 Å². The molecule has 1 fully saturated rings. The van der Waals surface area contributed by atoms with Crippen LogP contribution in [0.25, 0.3) is 0 Å². The van der Waals surface area contributed by atoms with Gasteiger partial charge in [-0.3, -0.25) is 0 Å². The molecule has 0 amide bonds. The van der Waals surface area contributed by atoms with Crippen LogP contribution >= 0.6 is 0 Å². The number of carbonyl (C=O) groups is 2. The maximum atomic E-state index is 13.7. The van der Waals surface area contributed by atoms with Gasteiger partial charge < -0.3 is 19.9 Å². The van der Waals surface area contributed by atoms with Crippen LogP contribution in [0.2, 0.25) is 0 Å². The van der Waals surface area contributed by atoms with Gasteiger partial charge in [-0.05, 0) is 18.6 Å². The van der Waals surface area contributed by atoms with E-state index in [-0.39, 0.29) is 11.4 Å². The second-order valence-corrected chi connectivity index (χ2v) is 5.00. The lowest BCUT2D eigenvalue weighted by molar-refractivity contribution is -0.222. The minimum Gasteiger partial charge on any atom is -0.508 e. The Hall–Kier alpha value is -2.57. The summed E-state index contributed by atoms with van der Waals surface area (Å²) in [6.07, 6.45) is 0.979. The zero-order valence-corrected chi connectivity index (χ0v) is 11.7. The van der Waals surface area contributed by atoms with Crippen LogP contribution in [0.4, 0.5) is 10.1 Å². The van der Waals surface area contributed by atoms with E-state index in [0.29, 0.717) is 5.56 Å². The Morgan fingerprint density at radius 3 is 2.38 bits per heavy atom. The van der Waals surface area contributed by atoms with Crippen molar-refractivity contribution < 1.29 is 28.6 Å². The maximum Gasteiger partial charge on any atom is 0.350 e. The molecule has 6 nitrogen and oxygen atoms in total. The molecule has 0 atom stereocenters. The zero-order valence-electron chi connectivity index (χ0n) is 11.7. The lowest BCUT2D eigenvalue weighted by Gasteiger charge is -2.29. The lowest BCUT2D eigenvalue weighted by Crippen LogP contribution is -2.42. The summed E-state index contributed by atoms with van der Waals surface area (Å²) in [6.45, 7) is 4.38. The van der Waals surface area contributed by atoms with Gasteiger partial charge in [-0.15, -0.1) is 0 Å². The molecule has 21 heavy (non-hydrogen) atoms. The van der Waals surface area contributed by atoms with Gasteiger partial charge in [-0.25, -0.2) is 14.0 Å². The standard InChI is InChI=1S/C14H14FNO5/c1-7-4-9(15)10(5-11(7)17)16-6-8-12(18)20-14(2,3)21-13(8)19/h4-6,16-17H,1-3H3. The van der Waals surface area contributed by atoms with E-state index < -0.39 is 29.1 Å². The molecule has 1 aliphatic rings. The number of ether oxygens (including phenoxy) is 2. The van der Waals surface area contributed by atoms with Crippen LogP contribution in [0.15, 0.2) is 23.9 Å². The Kier molecular flexibility index (Phi) is 3.59. The highest BCUT2D eigenvalue weighted by Crippen LogP contribution is 2.26. The first-order chi connectivity index (χ1) is 9.69. The molecule has 0 saturated carbocycles. The number of aryl methyl sites for hydroxylation is 1. The minimum absolute atomic E-state index is 0.0870. The molecule has 1 aliphatic heterocycles. The summed E-state index contributed by atoms with van der Waals surface area (Å²) in [5, 5.41) is 12.0. The molecule has 1 saturated heterocycles. The van der Waals surface area contributed by atoms with Crippen molar-refractivity contribution in [2.45, 2.75) is 26.6 Å². The molecule has 0 aliphatic carbocycles. The largest absolute Gasteiger partial charge is 0.508 e. The van der Waals surface area contributed by atoms with Crippen molar-refractivity contribution in [3.05, 3.63) is 35.3 Å². The summed E-state index contributed by atoms with van der Waals surface area (Å²) in [5.41, 5.74) is -0.117. The topological polar surface area (TPSA) is 84.9 Å². The molecule has 0 radical (unpaired) electrons. The highest BCUT2D eigenvalue weighted by molar-refractivity contribution is 6.15. The number of benzene rings is 1. The monoisotopic (exact) mass is 295 g/mol. The predicted molar refractivity (Wildman–Crippen MR) is 70.8 cm³/mol. The summed E-state index contributed by atoms with van der Waals surface area (Å²) in [5.74, 6) is -3.84. The number of phenols is 1. The van der Waals surface area contributed by atoms with E-state index in [0.717, 1.165) is 18.3 Å². The van der Waals surface area contributed by atoms with Gasteiger partial charge in [0.05, 0.1) is 5.69 Å². The molecule has 2 N–H and O–H groups in total. The van der Waals surface area contributed by atoms with E-state index >= 15 is 0 Å². The van der Waals surface area contributed by atoms with Gasteiger partial charge in [0.15, 0.2) is 5.57 Å². The second kappa shape index (κ2) is 5.08. The molecule has 0 aromatic heterocycles. The van der Waals surface area contributed by atoms with E-state index in [1.165, 1.54) is 13.8 Å². The van der Waals surface area contributed by atoms with Crippen LogP contribution in [-0.4, -0.2) is 22.8 Å². The Morgan fingerprint density at radius 1 is 1.24 bits per heavy atom. The Labute approximate surface area is 120 Å². The summed E-state index contributed by atoms with van der Waals surface area (Å²) in [4.78, 5) is 23.3. The smallest absolute Gasteiger partial charge is 0.350 e. The first kappa shape index (κ1) is 14.8. The molecule has 1 aromatic carbocycles. The second-order valence-electron chi connectivity index (χ2n) is 5.00. The first-order valence-electron chi connectivity index (χ1n) is 6.12. The molecule has 112 valence electrons. The predicted octanol–water partition coefficient (Wildman–Crippen LogP) is 1.97. The number of nitrogens with one attached hydrogen (secondary N) is 1. The number of anilines is 1. The normalized spacial score (nSPS) is 17.0. The Morgan fingerprint density at radius 2 is 1.81 bits per heavy atom. The van der Waals surface area contributed by atoms with Crippen molar-refractivity contribution in [1.82, 2.24) is 0 Å². The summed E-state index contributed by atoms with van der Waals surface area (Å²) in [7, 11) is 0. The van der Waals surface area contributed by atoms with Gasteiger partial charge in [0.2, 0.25) is 0 Å². The van der Waals surface area contributed by atoms with Crippen LogP contribution in [-0.2, 0) is 19.1 Å². The molecular formula is C14H14FNO5. The fourth-order valence-electron chi connectivity index (χ4n) is 1.70. The van der Waals surface area contributed by atoms with E-state index in [1.54, 1.807) is 6.92 Å². The number of halogens is 1. The van der Waals surface area contributed by atoms with Crippen LogP contribution in [0.3, 0.4) is 0 Å². The number of esters is 2. The average Bonchev–Trinajstić information content (AvgIpc) is 2.32. The number of cyclic esters (lactones) is 2. The van der Waals surface area contributed by atoms with Gasteiger partial charge in [0, 0.05) is 26.1 Å². The third-order valence-corrected chi connectivity index (χ3v) is 2.77. The van der Waals surface area contributed by atoms with Crippen molar-refractivity contribution in [3.8, 4) is 5.75 Å². The van der Waals surface area contributed by atoms with Crippen molar-refractivity contribution in [3.63, 3.8) is 0 Å². The average molecular weight is 295 g/mol. The molecule has 0 bridgehead atoms. The molecule has 1 heterocycles. The van der Waals surface area contributed by atoms with Crippen molar-refractivity contribution in [2.75, 3.05) is 5.32 Å². The summed E-state index contributed by atoms with van der Waals surface area (Å²) >= 11 is 0. The SMILES string of the molecule is Cc1cc(F)c(NC=C2C(=O)OC(C)(C)OC2=O)cc1O. The third kappa shape index (κ3) is 3.13.